The number of rotatable bonds is 5. The van der Waals surface area contributed by atoms with Crippen molar-refractivity contribution in [3.63, 3.8) is 0 Å². The van der Waals surface area contributed by atoms with Crippen LogP contribution >= 0.6 is 0 Å². The number of H-pyrrole nitrogens is 1. The topological polar surface area (TPSA) is 121 Å². The Hall–Kier alpha value is -1.99. The average molecular weight is 213 g/mol. The second-order valence-electron chi connectivity index (χ2n) is 3.15. The predicted octanol–water partition coefficient (Wildman–Crippen LogP) is -0.960. The number of hydrogen-bond acceptors (Lipinski definition) is 5. The highest BCUT2D eigenvalue weighted by Gasteiger charge is 2.13. The van der Waals surface area contributed by atoms with Crippen LogP contribution in [0.25, 0.3) is 0 Å². The van der Waals surface area contributed by atoms with Gasteiger partial charge in [-0.25, -0.2) is 0 Å². The second-order valence-corrected chi connectivity index (χ2v) is 3.15. The minimum atomic E-state index is -0.892. The van der Waals surface area contributed by atoms with Crippen LogP contribution in [0.1, 0.15) is 24.0 Å². The molecule has 1 aromatic heterocycles. The van der Waals surface area contributed by atoms with Gasteiger partial charge in [0.05, 0.1) is 0 Å². The number of aromatic amines is 1. The van der Waals surface area contributed by atoms with Gasteiger partial charge in [0, 0.05) is 13.0 Å². The predicted molar refractivity (Wildman–Crippen MR) is 47.9 cm³/mol. The third-order valence-corrected chi connectivity index (χ3v) is 1.68. The van der Waals surface area contributed by atoms with Crippen LogP contribution in [0.4, 0.5) is 0 Å². The number of amides is 1. The van der Waals surface area contributed by atoms with E-state index in [9.17, 15) is 9.59 Å². The van der Waals surface area contributed by atoms with Crippen molar-refractivity contribution in [2.24, 2.45) is 5.92 Å². The monoisotopic (exact) mass is 213 g/mol. The van der Waals surface area contributed by atoms with Crippen LogP contribution in [0.5, 0.6) is 0 Å². The van der Waals surface area contributed by atoms with Crippen molar-refractivity contribution in [2.45, 2.75) is 13.3 Å². The molecule has 1 atom stereocenters. The Labute approximate surface area is 85.1 Å². The van der Waals surface area contributed by atoms with Crippen LogP contribution < -0.4 is 5.32 Å². The Morgan fingerprint density at radius 3 is 2.87 bits per heavy atom. The summed E-state index contributed by atoms with van der Waals surface area (Å²) in [4.78, 5) is 21.6. The molecule has 1 rings (SSSR count). The maximum absolute atomic E-state index is 11.3. The molecule has 15 heavy (non-hydrogen) atoms. The molecule has 1 aromatic rings. The van der Waals surface area contributed by atoms with E-state index in [4.69, 9.17) is 5.11 Å². The molecule has 1 unspecified atom stereocenters. The number of carboxylic acid groups (broad SMARTS) is 1. The Morgan fingerprint density at radius 1 is 1.60 bits per heavy atom. The molecule has 0 fully saturated rings. The van der Waals surface area contributed by atoms with Crippen LogP contribution in [0, 0.1) is 5.92 Å². The minimum Gasteiger partial charge on any atom is -0.481 e. The number of aliphatic carboxylic acids is 1. The van der Waals surface area contributed by atoms with E-state index in [-0.39, 0.29) is 24.7 Å². The van der Waals surface area contributed by atoms with Crippen LogP contribution in [-0.4, -0.2) is 44.2 Å². The summed E-state index contributed by atoms with van der Waals surface area (Å²) < 4.78 is 0. The molecule has 3 N–H and O–H groups in total. The normalized spacial score (nSPS) is 12.1. The lowest BCUT2D eigenvalue weighted by Crippen LogP contribution is -2.30. The van der Waals surface area contributed by atoms with Gasteiger partial charge in [-0.15, -0.1) is 10.2 Å². The largest absolute Gasteiger partial charge is 0.481 e. The molecular weight excluding hydrogens is 202 g/mol. The summed E-state index contributed by atoms with van der Waals surface area (Å²) in [7, 11) is 0. The molecule has 8 nitrogen and oxygen atoms in total. The van der Waals surface area contributed by atoms with Crippen LogP contribution in [0.15, 0.2) is 0 Å². The summed E-state index contributed by atoms with van der Waals surface area (Å²) in [5, 5.41) is 23.3. The zero-order chi connectivity index (χ0) is 11.3. The summed E-state index contributed by atoms with van der Waals surface area (Å²) in [5.74, 6) is -1.56. The van der Waals surface area contributed by atoms with Crippen molar-refractivity contribution in [1.82, 2.24) is 25.9 Å². The molecule has 0 spiro atoms. The van der Waals surface area contributed by atoms with Gasteiger partial charge in [0.1, 0.15) is 0 Å². The van der Waals surface area contributed by atoms with E-state index < -0.39 is 11.9 Å². The minimum absolute atomic E-state index is 0.00647. The maximum Gasteiger partial charge on any atom is 0.303 e. The molecule has 82 valence electrons. The van der Waals surface area contributed by atoms with Gasteiger partial charge in [-0.1, -0.05) is 6.92 Å². The Bertz CT molecular complexity index is 336. The number of carbonyl (C=O) groups is 2. The molecule has 0 saturated heterocycles. The quantitative estimate of drug-likeness (QED) is 0.579. The van der Waals surface area contributed by atoms with E-state index in [0.29, 0.717) is 0 Å². The molecule has 0 aliphatic heterocycles. The van der Waals surface area contributed by atoms with Gasteiger partial charge in [0.25, 0.3) is 11.7 Å². The van der Waals surface area contributed by atoms with Crippen molar-refractivity contribution in [2.75, 3.05) is 6.54 Å². The summed E-state index contributed by atoms with van der Waals surface area (Å²) >= 11 is 0. The van der Waals surface area contributed by atoms with E-state index in [2.05, 4.69) is 25.9 Å². The molecule has 0 aromatic carbocycles. The fourth-order valence-electron chi connectivity index (χ4n) is 0.974. The first-order chi connectivity index (χ1) is 7.09. The number of nitrogens with one attached hydrogen (secondary N) is 2. The summed E-state index contributed by atoms with van der Waals surface area (Å²) in [6.45, 7) is 1.99. The number of carboxylic acids is 1. The van der Waals surface area contributed by atoms with Crippen molar-refractivity contribution < 1.29 is 14.7 Å². The summed E-state index contributed by atoms with van der Waals surface area (Å²) in [6.07, 6.45) is 0.00647. The fraction of sp³-hybridized carbons (Fsp3) is 0.571. The molecule has 0 radical (unpaired) electrons. The van der Waals surface area contributed by atoms with Crippen molar-refractivity contribution >= 4 is 11.9 Å². The highest BCUT2D eigenvalue weighted by molar-refractivity contribution is 5.90. The van der Waals surface area contributed by atoms with E-state index in [1.165, 1.54) is 0 Å². The standard InChI is InChI=1S/C7H11N5O3/c1-4(2-5(13)14)3-8-7(15)6-9-11-12-10-6/h4H,2-3H2,1H3,(H,8,15)(H,13,14)(H,9,10,11,12). The first-order valence-electron chi connectivity index (χ1n) is 4.33. The molecular formula is C7H11N5O3. The van der Waals surface area contributed by atoms with Crippen LogP contribution in [-0.2, 0) is 4.79 Å². The fourth-order valence-corrected chi connectivity index (χ4v) is 0.974. The van der Waals surface area contributed by atoms with E-state index >= 15 is 0 Å². The van der Waals surface area contributed by atoms with E-state index in [1.807, 2.05) is 0 Å². The van der Waals surface area contributed by atoms with Crippen molar-refractivity contribution in [1.29, 1.82) is 0 Å². The number of carbonyl (C=O) groups excluding carboxylic acids is 1. The van der Waals surface area contributed by atoms with E-state index in [0.717, 1.165) is 0 Å². The first kappa shape index (κ1) is 11.1. The Morgan fingerprint density at radius 2 is 2.33 bits per heavy atom. The van der Waals surface area contributed by atoms with Crippen molar-refractivity contribution in [3.05, 3.63) is 5.82 Å². The smallest absolute Gasteiger partial charge is 0.303 e. The number of nitrogens with zero attached hydrogens (tertiary/aromatic N) is 3. The third-order valence-electron chi connectivity index (χ3n) is 1.68. The number of tetrazole rings is 1. The van der Waals surface area contributed by atoms with Gasteiger partial charge in [0.15, 0.2) is 0 Å². The zero-order valence-electron chi connectivity index (χ0n) is 8.10. The highest BCUT2D eigenvalue weighted by atomic mass is 16.4. The van der Waals surface area contributed by atoms with Crippen LogP contribution in [0.3, 0.4) is 0 Å². The summed E-state index contributed by atoms with van der Waals surface area (Å²) in [5.41, 5.74) is 0. The number of aromatic nitrogens is 4. The Kier molecular flexibility index (Phi) is 3.72. The first-order valence-corrected chi connectivity index (χ1v) is 4.33. The van der Waals surface area contributed by atoms with Gasteiger partial charge in [-0.3, -0.25) is 9.59 Å². The number of hydrogen-bond donors (Lipinski definition) is 3. The van der Waals surface area contributed by atoms with Gasteiger partial charge < -0.3 is 10.4 Å². The van der Waals surface area contributed by atoms with Gasteiger partial charge >= 0.3 is 5.97 Å². The third kappa shape index (κ3) is 3.71. The van der Waals surface area contributed by atoms with Gasteiger partial charge in [-0.2, -0.15) is 5.21 Å². The molecule has 1 amide bonds. The lowest BCUT2D eigenvalue weighted by Gasteiger charge is -2.08. The SMILES string of the molecule is CC(CNC(=O)c1nn[nH]n1)CC(=O)O. The van der Waals surface area contributed by atoms with Gasteiger partial charge in [0.2, 0.25) is 0 Å². The van der Waals surface area contributed by atoms with Gasteiger partial charge in [-0.05, 0) is 11.1 Å². The van der Waals surface area contributed by atoms with E-state index in [1.54, 1.807) is 6.92 Å². The lowest BCUT2D eigenvalue weighted by molar-refractivity contribution is -0.137. The molecule has 0 aliphatic rings. The molecule has 0 bridgehead atoms. The van der Waals surface area contributed by atoms with Crippen molar-refractivity contribution in [3.8, 4) is 0 Å². The molecule has 0 saturated carbocycles. The molecule has 1 heterocycles. The second kappa shape index (κ2) is 5.03. The Balaban J connectivity index is 2.31. The zero-order valence-corrected chi connectivity index (χ0v) is 8.10. The van der Waals surface area contributed by atoms with Crippen LogP contribution in [0.2, 0.25) is 0 Å². The molecule has 8 heteroatoms. The maximum atomic E-state index is 11.3. The lowest BCUT2D eigenvalue weighted by atomic mass is 10.1. The average Bonchev–Trinajstić information content (AvgIpc) is 2.65. The summed E-state index contributed by atoms with van der Waals surface area (Å²) in [6, 6.07) is 0. The molecule has 0 aliphatic carbocycles. The highest BCUT2D eigenvalue weighted by Crippen LogP contribution is 1.99.